The van der Waals surface area contributed by atoms with E-state index in [0.29, 0.717) is 10.7 Å². The molecule has 0 heterocycles. The van der Waals surface area contributed by atoms with E-state index in [1.165, 1.54) is 0 Å². The molecule has 0 saturated heterocycles. The fourth-order valence-corrected chi connectivity index (χ4v) is 0.922. The lowest BCUT2D eigenvalue weighted by Gasteiger charge is -1.99. The van der Waals surface area contributed by atoms with Gasteiger partial charge in [-0.05, 0) is 6.42 Å². The molecule has 0 aliphatic carbocycles. The average Bonchev–Trinajstić information content (AvgIpc) is 1.91. The van der Waals surface area contributed by atoms with E-state index >= 15 is 0 Å². The van der Waals surface area contributed by atoms with Crippen molar-refractivity contribution in [1.82, 2.24) is 5.32 Å². The van der Waals surface area contributed by atoms with Crippen LogP contribution in [-0.4, -0.2) is 7.05 Å². The van der Waals surface area contributed by atoms with Crippen molar-refractivity contribution in [3.63, 3.8) is 0 Å². The summed E-state index contributed by atoms with van der Waals surface area (Å²) in [5, 5.41) is 11.8. The molecule has 0 aromatic rings. The molecule has 0 atom stereocenters. The summed E-state index contributed by atoms with van der Waals surface area (Å²) in [6.07, 6.45) is 1.73. The zero-order valence-electron chi connectivity index (χ0n) is 6.24. The molecule has 0 spiro atoms. The van der Waals surface area contributed by atoms with Gasteiger partial charge in [-0.15, -0.1) is 0 Å². The smallest absolute Gasteiger partial charge is 0.128 e. The molecule has 3 heteroatoms. The minimum absolute atomic E-state index is 0.475. The van der Waals surface area contributed by atoms with E-state index in [1.807, 2.05) is 13.0 Å². The SMILES string of the molecule is CCC/C(Cl)=C(/C#N)NC. The Morgan fingerprint density at radius 3 is 2.60 bits per heavy atom. The number of halogens is 1. The van der Waals surface area contributed by atoms with E-state index in [0.717, 1.165) is 12.8 Å². The summed E-state index contributed by atoms with van der Waals surface area (Å²) < 4.78 is 0. The number of hydrogen-bond donors (Lipinski definition) is 1. The van der Waals surface area contributed by atoms with Crippen molar-refractivity contribution in [1.29, 1.82) is 5.26 Å². The second-order valence-electron chi connectivity index (χ2n) is 1.89. The largest absolute Gasteiger partial charge is 0.379 e. The summed E-state index contributed by atoms with van der Waals surface area (Å²) in [6, 6.07) is 1.97. The van der Waals surface area contributed by atoms with Crippen LogP contribution >= 0.6 is 11.6 Å². The molecular formula is C7H11ClN2. The Bertz CT molecular complexity index is 167. The van der Waals surface area contributed by atoms with Crippen LogP contribution in [0.4, 0.5) is 0 Å². The molecule has 0 aliphatic rings. The van der Waals surface area contributed by atoms with Crippen LogP contribution in [0.15, 0.2) is 10.7 Å². The average molecular weight is 159 g/mol. The zero-order valence-corrected chi connectivity index (χ0v) is 7.00. The third-order valence-corrected chi connectivity index (χ3v) is 1.48. The first-order valence-electron chi connectivity index (χ1n) is 3.22. The number of nitrogens with zero attached hydrogens (tertiary/aromatic N) is 1. The lowest BCUT2D eigenvalue weighted by molar-refractivity contribution is 0.911. The molecule has 2 nitrogen and oxygen atoms in total. The molecule has 0 aromatic carbocycles. The van der Waals surface area contributed by atoms with Gasteiger partial charge in [-0.25, -0.2) is 0 Å². The van der Waals surface area contributed by atoms with Crippen molar-refractivity contribution < 1.29 is 0 Å². The van der Waals surface area contributed by atoms with Gasteiger partial charge in [-0.2, -0.15) is 5.26 Å². The Hall–Kier alpha value is -0.680. The molecule has 0 aliphatic heterocycles. The lowest BCUT2D eigenvalue weighted by Crippen LogP contribution is -2.05. The van der Waals surface area contributed by atoms with Crippen LogP contribution in [-0.2, 0) is 0 Å². The maximum absolute atomic E-state index is 8.47. The van der Waals surface area contributed by atoms with Crippen LogP contribution in [0.25, 0.3) is 0 Å². The summed E-state index contributed by atoms with van der Waals surface area (Å²) in [5.74, 6) is 0. The second-order valence-corrected chi connectivity index (χ2v) is 2.35. The van der Waals surface area contributed by atoms with E-state index in [-0.39, 0.29) is 0 Å². The van der Waals surface area contributed by atoms with Crippen LogP contribution in [0.5, 0.6) is 0 Å². The van der Waals surface area contributed by atoms with Crippen LogP contribution in [0, 0.1) is 11.3 Å². The molecule has 0 rings (SSSR count). The molecule has 56 valence electrons. The summed E-state index contributed by atoms with van der Waals surface area (Å²) in [7, 11) is 1.69. The minimum Gasteiger partial charge on any atom is -0.379 e. The van der Waals surface area contributed by atoms with E-state index in [4.69, 9.17) is 16.9 Å². The van der Waals surface area contributed by atoms with Gasteiger partial charge in [0.05, 0.1) is 5.03 Å². The van der Waals surface area contributed by atoms with Gasteiger partial charge in [-0.3, -0.25) is 0 Å². The first-order valence-corrected chi connectivity index (χ1v) is 3.60. The Morgan fingerprint density at radius 2 is 2.30 bits per heavy atom. The molecule has 0 radical (unpaired) electrons. The van der Waals surface area contributed by atoms with Crippen molar-refractivity contribution in [3.05, 3.63) is 10.7 Å². The quantitative estimate of drug-likeness (QED) is 0.638. The van der Waals surface area contributed by atoms with Gasteiger partial charge in [0, 0.05) is 7.05 Å². The Morgan fingerprint density at radius 1 is 1.70 bits per heavy atom. The molecule has 0 fully saturated rings. The summed E-state index contributed by atoms with van der Waals surface area (Å²) >= 11 is 5.74. The first-order chi connectivity index (χ1) is 4.76. The van der Waals surface area contributed by atoms with Crippen molar-refractivity contribution in [2.75, 3.05) is 7.05 Å². The number of rotatable bonds is 3. The van der Waals surface area contributed by atoms with E-state index < -0.39 is 0 Å². The normalized spacial score (nSPS) is 11.8. The van der Waals surface area contributed by atoms with E-state index in [9.17, 15) is 0 Å². The standard InChI is InChI=1S/C7H11ClN2/c1-3-4-6(8)7(5-9)10-2/h10H,3-4H2,1-2H3/b7-6+. The van der Waals surface area contributed by atoms with Gasteiger partial charge in [0.1, 0.15) is 11.8 Å². The summed E-state index contributed by atoms with van der Waals surface area (Å²) in [4.78, 5) is 0. The minimum atomic E-state index is 0.475. The molecule has 10 heavy (non-hydrogen) atoms. The second kappa shape index (κ2) is 5.13. The van der Waals surface area contributed by atoms with Gasteiger partial charge >= 0.3 is 0 Å². The van der Waals surface area contributed by atoms with Crippen LogP contribution in [0.1, 0.15) is 19.8 Å². The molecule has 0 bridgehead atoms. The number of hydrogen-bond acceptors (Lipinski definition) is 2. The Kier molecular flexibility index (Phi) is 4.78. The van der Waals surface area contributed by atoms with Crippen molar-refractivity contribution >= 4 is 11.6 Å². The van der Waals surface area contributed by atoms with E-state index in [2.05, 4.69) is 5.32 Å². The molecule has 0 unspecified atom stereocenters. The number of nitriles is 1. The predicted octanol–water partition coefficient (Wildman–Crippen LogP) is 1.98. The van der Waals surface area contributed by atoms with Gasteiger partial charge < -0.3 is 5.32 Å². The highest BCUT2D eigenvalue weighted by molar-refractivity contribution is 6.30. The fraction of sp³-hybridized carbons (Fsp3) is 0.571. The molecule has 0 saturated carbocycles. The van der Waals surface area contributed by atoms with Gasteiger partial charge in [0.2, 0.25) is 0 Å². The maximum Gasteiger partial charge on any atom is 0.128 e. The molecule has 1 N–H and O–H groups in total. The highest BCUT2D eigenvalue weighted by atomic mass is 35.5. The third-order valence-electron chi connectivity index (χ3n) is 1.10. The highest BCUT2D eigenvalue weighted by Crippen LogP contribution is 2.12. The van der Waals surface area contributed by atoms with Crippen LogP contribution < -0.4 is 5.32 Å². The Labute approximate surface area is 66.5 Å². The van der Waals surface area contributed by atoms with Gasteiger partial charge in [0.25, 0.3) is 0 Å². The molecular weight excluding hydrogens is 148 g/mol. The zero-order chi connectivity index (χ0) is 7.98. The number of allylic oxidation sites excluding steroid dienone is 2. The molecule has 0 amide bonds. The van der Waals surface area contributed by atoms with Crippen molar-refractivity contribution in [3.8, 4) is 6.07 Å². The lowest BCUT2D eigenvalue weighted by atomic mass is 10.3. The molecule has 0 aromatic heterocycles. The third kappa shape index (κ3) is 2.75. The topological polar surface area (TPSA) is 35.8 Å². The van der Waals surface area contributed by atoms with Crippen LogP contribution in [0.2, 0.25) is 0 Å². The summed E-state index contributed by atoms with van der Waals surface area (Å²) in [5.41, 5.74) is 0.475. The monoisotopic (exact) mass is 158 g/mol. The number of nitrogens with one attached hydrogen (secondary N) is 1. The van der Waals surface area contributed by atoms with E-state index in [1.54, 1.807) is 7.05 Å². The Balaban J connectivity index is 4.16. The maximum atomic E-state index is 8.47. The van der Waals surface area contributed by atoms with Gasteiger partial charge in [-0.1, -0.05) is 24.9 Å². The van der Waals surface area contributed by atoms with Crippen molar-refractivity contribution in [2.24, 2.45) is 0 Å². The van der Waals surface area contributed by atoms with Crippen molar-refractivity contribution in [2.45, 2.75) is 19.8 Å². The fourth-order valence-electron chi connectivity index (χ4n) is 0.597. The summed E-state index contributed by atoms with van der Waals surface area (Å²) in [6.45, 7) is 2.02. The van der Waals surface area contributed by atoms with Gasteiger partial charge in [0.15, 0.2) is 0 Å². The first kappa shape index (κ1) is 9.32. The predicted molar refractivity (Wildman–Crippen MR) is 42.5 cm³/mol. The van der Waals surface area contributed by atoms with Crippen LogP contribution in [0.3, 0.4) is 0 Å². The highest BCUT2D eigenvalue weighted by Gasteiger charge is 1.98.